The molecule has 16 heteroatoms. The zero-order chi connectivity index (χ0) is 62.9. The van der Waals surface area contributed by atoms with Gasteiger partial charge in [0.1, 0.15) is 5.60 Å². The van der Waals surface area contributed by atoms with Crippen LogP contribution in [-0.4, -0.2) is 156 Å². The number of aliphatic hydroxyl groups excluding tert-OH is 5. The highest BCUT2D eigenvalue weighted by Gasteiger charge is 2.83. The second-order valence-electron chi connectivity index (χ2n) is 32.8. The van der Waals surface area contributed by atoms with Gasteiger partial charge in [-0.2, -0.15) is 0 Å². The van der Waals surface area contributed by atoms with E-state index in [1.54, 1.807) is 13.8 Å². The van der Waals surface area contributed by atoms with Gasteiger partial charge in [-0.1, -0.05) is 74.6 Å². The lowest BCUT2D eigenvalue weighted by Crippen LogP contribution is -2.76. The Morgan fingerprint density at radius 1 is 0.889 bits per heavy atom. The number of hydrogen-bond donors (Lipinski definition) is 13. The molecule has 2 saturated heterocycles. The molecule has 13 aliphatic carbocycles. The summed E-state index contributed by atoms with van der Waals surface area (Å²) < 4.78 is 14.8. The summed E-state index contributed by atoms with van der Waals surface area (Å²) in [7, 11) is 2.04. The molecule has 0 aromatic carbocycles. The van der Waals surface area contributed by atoms with Crippen LogP contribution in [0.5, 0.6) is 0 Å². The normalized spacial score (nSPS) is 51.0. The average Bonchev–Trinajstić information content (AvgIpc) is 1.21. The number of rotatable bonds is 13. The van der Waals surface area contributed by atoms with Gasteiger partial charge in [-0.05, 0) is 219 Å². The summed E-state index contributed by atoms with van der Waals surface area (Å²) in [5, 5.41) is 131. The van der Waals surface area contributed by atoms with E-state index in [1.165, 1.54) is 16.7 Å². The largest absolute Gasteiger partial charge is 0.396 e. The van der Waals surface area contributed by atoms with Crippen molar-refractivity contribution in [1.82, 2.24) is 16.0 Å². The van der Waals surface area contributed by atoms with Crippen molar-refractivity contribution < 1.29 is 60.2 Å². The van der Waals surface area contributed by atoms with Crippen molar-refractivity contribution in [3.05, 3.63) is 81.8 Å². The highest BCUT2D eigenvalue weighted by molar-refractivity contribution is 6.04. The molecule has 3 heterocycles. The molecule has 3 spiro atoms. The van der Waals surface area contributed by atoms with Gasteiger partial charge in [-0.25, -0.2) is 0 Å². The van der Waals surface area contributed by atoms with E-state index >= 15 is 15.0 Å². The van der Waals surface area contributed by atoms with Gasteiger partial charge in [-0.3, -0.25) is 4.79 Å². The third-order valence-electron chi connectivity index (χ3n) is 28.8. The average molecular weight is 1250 g/mol. The molecular weight excluding hydrogens is 1140 g/mol. The molecule has 8 bridgehead atoms. The van der Waals surface area contributed by atoms with Crippen LogP contribution in [0.2, 0.25) is 0 Å². The standard InChI is InChI=1S/C74H108N4O12/c1-5-9-41-14-16-49-56(20-15-41)90-66-61(49)52(81)12-7-26-74(66,88)67(3,85)58-25-30-73(87)62-63(77-37-40(2)80)65(84)69-28-24-45-47-17-18-48-46-10-6-13-55(46)89-57(60(47)48)36-68(39-76-4)27-23-43(32-50(45)68)72(58,73)38-71(86)29-22-42(44-19-21-59(75)78-51(44)11-8-31-79)33-70(69,64(62)71)35-54(83)53(82)34-69/h18-19,21-22,24,28-29,40-43,45-46,49-50,52-59,61,64,66,76-83,85-88H,5-17,20,23,25-27,30-39,75H2,1-4H3/b28-24+/t40-,41+,42-,43-,45-,46+,49+,50-,52-,53+,54-,55-,56+,57+,58+,59?,61+,64-,66+,67+,68-,69-,70+,71-,72-,73+,74+/m0/s1. The first-order chi connectivity index (χ1) is 43.1. The van der Waals surface area contributed by atoms with Crippen LogP contribution in [0.4, 0.5) is 0 Å². The maximum absolute atomic E-state index is 17.6. The number of nitrogens with two attached hydrogens (primary N) is 1. The topological polar surface area (TPSA) is 280 Å². The van der Waals surface area contributed by atoms with Gasteiger partial charge in [-0.15, -0.1) is 0 Å². The van der Waals surface area contributed by atoms with E-state index in [-0.39, 0.29) is 111 Å². The Bertz CT molecular complexity index is 3080. The molecule has 16 nitrogen and oxygen atoms in total. The summed E-state index contributed by atoms with van der Waals surface area (Å²) in [5.74, 6) is -3.17. The molecule has 27 atom stereocenters. The Morgan fingerprint density at radius 3 is 2.49 bits per heavy atom. The van der Waals surface area contributed by atoms with Gasteiger partial charge in [0.2, 0.25) is 0 Å². The van der Waals surface area contributed by atoms with Crippen LogP contribution >= 0.6 is 0 Å². The van der Waals surface area contributed by atoms with Crippen LogP contribution in [-0.2, 0) is 14.3 Å². The fourth-order valence-corrected chi connectivity index (χ4v) is 25.4. The van der Waals surface area contributed by atoms with E-state index in [0.717, 1.165) is 88.3 Å². The number of dihydropyridines is 1. The van der Waals surface area contributed by atoms with Crippen molar-refractivity contribution >= 4 is 5.78 Å². The van der Waals surface area contributed by atoms with Gasteiger partial charge in [0, 0.05) is 65.8 Å². The van der Waals surface area contributed by atoms with Crippen molar-refractivity contribution in [1.29, 1.82) is 0 Å². The minimum atomic E-state index is -2.02. The van der Waals surface area contributed by atoms with E-state index in [9.17, 15) is 35.7 Å². The molecule has 16 rings (SSSR count). The fraction of sp³-hybridized carbons (Fsp3) is 0.797. The predicted molar refractivity (Wildman–Crippen MR) is 340 cm³/mol. The monoisotopic (exact) mass is 1240 g/mol. The van der Waals surface area contributed by atoms with E-state index < -0.39 is 105 Å². The van der Waals surface area contributed by atoms with Gasteiger partial charge >= 0.3 is 0 Å². The Morgan fingerprint density at radius 2 is 1.70 bits per heavy atom. The lowest BCUT2D eigenvalue weighted by Gasteiger charge is -2.71. The van der Waals surface area contributed by atoms with Crippen molar-refractivity contribution in [3.63, 3.8) is 0 Å². The first-order valence-corrected chi connectivity index (χ1v) is 36.0. The number of hydrogen-bond acceptors (Lipinski definition) is 16. The highest BCUT2D eigenvalue weighted by Crippen LogP contribution is 2.80. The SMILES string of the molecule is CCC[C@@H]1CC[C@H]2[C@H]3[C@@H](O[C@@H]2CC1)[C@@](O)([C@](C)(O)[C@H]1CC[C@@]2(O)C4=C(NC[C@H](C)O)C(=O)[C@@]56/C=C/[C@H]7C8=C9C(=CC8)[C@H]8CCC[C@@H]8O[C@@H]9C[C@]8(CNC)CC[C@@H](C[C@@H]78)[C@@]12C[C@@]1(O)C=C[C@H](C2=C(CCCO)NC(N)C=C2)C[C@@]5(C[C@H](O)[C@H](O)C6)[C@H]41)CCC[C@@H]3O. The lowest BCUT2D eigenvalue weighted by atomic mass is 9.34. The maximum Gasteiger partial charge on any atom is 0.189 e. The van der Waals surface area contributed by atoms with E-state index in [2.05, 4.69) is 47.2 Å². The van der Waals surface area contributed by atoms with Crippen LogP contribution in [0.25, 0.3) is 0 Å². The molecule has 14 N–H and O–H groups in total. The molecule has 9 fully saturated rings. The third kappa shape index (κ3) is 8.79. The van der Waals surface area contributed by atoms with Gasteiger partial charge in [0.05, 0.1) is 82.9 Å². The molecule has 1 unspecified atom stereocenters. The zero-order valence-electron chi connectivity index (χ0n) is 54.1. The number of allylic oxidation sites excluding steroid dienone is 9. The maximum atomic E-state index is 17.6. The van der Waals surface area contributed by atoms with Crippen LogP contribution in [0.15, 0.2) is 81.8 Å². The molecule has 16 aliphatic rings. The number of aliphatic hydroxyl groups is 9. The number of carbonyl (C=O) groups excluding carboxylic acids is 1. The minimum Gasteiger partial charge on any atom is -0.396 e. The Hall–Kier alpha value is -3.07. The summed E-state index contributed by atoms with van der Waals surface area (Å²) in [6, 6.07) is 0. The summed E-state index contributed by atoms with van der Waals surface area (Å²) in [6.45, 7) is 6.27. The molecule has 3 aliphatic heterocycles. The van der Waals surface area contributed by atoms with Crippen molar-refractivity contribution in [2.75, 3.05) is 26.7 Å². The Balaban J connectivity index is 1.00. The first-order valence-electron chi connectivity index (χ1n) is 36.0. The predicted octanol–water partition coefficient (Wildman–Crippen LogP) is 6.63. The van der Waals surface area contributed by atoms with Crippen LogP contribution in [0, 0.1) is 80.8 Å². The van der Waals surface area contributed by atoms with Gasteiger partial charge in [0.25, 0.3) is 0 Å². The molecule has 90 heavy (non-hydrogen) atoms. The second kappa shape index (κ2) is 22.5. The molecular formula is C74H108N4O12. The molecule has 0 radical (unpaired) electrons. The van der Waals surface area contributed by atoms with E-state index in [0.29, 0.717) is 62.5 Å². The van der Waals surface area contributed by atoms with Crippen LogP contribution in [0.3, 0.4) is 0 Å². The first kappa shape index (κ1) is 63.0. The second-order valence-corrected chi connectivity index (χ2v) is 32.8. The van der Waals surface area contributed by atoms with E-state index in [1.807, 2.05) is 25.3 Å². The minimum absolute atomic E-state index is 0.00872. The van der Waals surface area contributed by atoms with Gasteiger partial charge in [0.15, 0.2) is 5.78 Å². The van der Waals surface area contributed by atoms with Crippen LogP contribution < -0.4 is 21.7 Å². The quantitative estimate of drug-likeness (QED) is 0.0862. The molecule has 0 amide bonds. The summed E-state index contributed by atoms with van der Waals surface area (Å²) in [6.07, 6.45) is 23.8. The molecule has 0 aromatic rings. The zero-order valence-corrected chi connectivity index (χ0v) is 54.1. The van der Waals surface area contributed by atoms with E-state index in [4.69, 9.17) is 15.2 Å². The van der Waals surface area contributed by atoms with Crippen molar-refractivity contribution in [2.45, 2.75) is 259 Å². The number of ether oxygens (including phenoxy) is 2. The summed E-state index contributed by atoms with van der Waals surface area (Å²) in [5.41, 5.74) is 0.211. The number of fused-ring (bicyclic) bond motifs is 6. The lowest BCUT2D eigenvalue weighted by molar-refractivity contribution is -0.281. The molecule has 496 valence electrons. The summed E-state index contributed by atoms with van der Waals surface area (Å²) >= 11 is 0. The number of carbonyl (C=O) groups is 1. The number of Topliss-reactive ketones (excluding diaryl/α,β-unsaturated/α-hetero) is 1. The van der Waals surface area contributed by atoms with Crippen LogP contribution in [0.1, 0.15) is 181 Å². The third-order valence-corrected chi connectivity index (χ3v) is 28.8. The van der Waals surface area contributed by atoms with Crippen molar-refractivity contribution in [3.8, 4) is 0 Å². The van der Waals surface area contributed by atoms with Crippen molar-refractivity contribution in [2.24, 2.45) is 86.6 Å². The number of nitrogens with one attached hydrogen (secondary N) is 3. The highest BCUT2D eigenvalue weighted by atomic mass is 16.5. The molecule has 7 saturated carbocycles. The Labute approximate surface area is 533 Å². The summed E-state index contributed by atoms with van der Waals surface area (Å²) in [4.78, 5) is 17.6. The Kier molecular flexibility index (Phi) is 15.8. The molecule has 0 aromatic heterocycles. The fourth-order valence-electron chi connectivity index (χ4n) is 25.4. The number of ketones is 1. The van der Waals surface area contributed by atoms with Gasteiger partial charge < -0.3 is 77.1 Å². The smallest absolute Gasteiger partial charge is 0.189 e.